The average molecular weight is 358 g/mol. The van der Waals surface area contributed by atoms with E-state index in [1.54, 1.807) is 11.3 Å². The van der Waals surface area contributed by atoms with E-state index in [1.165, 1.54) is 9.91 Å². The lowest BCUT2D eigenvalue weighted by molar-refractivity contribution is 0.0853. The van der Waals surface area contributed by atoms with E-state index >= 15 is 0 Å². The first-order chi connectivity index (χ1) is 12.1. The summed E-state index contributed by atoms with van der Waals surface area (Å²) in [5.74, 6) is 0.836. The zero-order valence-corrected chi connectivity index (χ0v) is 15.1. The first kappa shape index (κ1) is 16.5. The molecule has 0 bridgehead atoms. The number of nitrogens with zero attached hydrogens (tertiary/aromatic N) is 2. The molecule has 25 heavy (non-hydrogen) atoms. The molecule has 1 N–H and O–H groups in total. The third kappa shape index (κ3) is 3.28. The van der Waals surface area contributed by atoms with Crippen molar-refractivity contribution in [2.45, 2.75) is 32.1 Å². The minimum Gasteiger partial charge on any atom is -0.465 e. The van der Waals surface area contributed by atoms with Gasteiger partial charge in [-0.1, -0.05) is 19.1 Å². The summed E-state index contributed by atoms with van der Waals surface area (Å²) in [5.41, 5.74) is 2.69. The van der Waals surface area contributed by atoms with E-state index in [9.17, 15) is 9.90 Å². The molecule has 3 heterocycles. The van der Waals surface area contributed by atoms with E-state index in [1.807, 2.05) is 18.2 Å². The number of fused-ring (bicyclic) bond motifs is 1. The van der Waals surface area contributed by atoms with Crippen LogP contribution in [0.4, 0.5) is 4.79 Å². The number of carbonyl (C=O) groups is 1. The van der Waals surface area contributed by atoms with E-state index < -0.39 is 6.09 Å². The molecule has 0 unspecified atom stereocenters. The molecule has 1 aromatic heterocycles. The highest BCUT2D eigenvalue weighted by Crippen LogP contribution is 2.35. The van der Waals surface area contributed by atoms with Crippen molar-refractivity contribution >= 4 is 33.3 Å². The first-order valence-electron chi connectivity index (χ1n) is 8.81. The fraction of sp³-hybridized carbons (Fsp3) is 0.474. The lowest BCUT2D eigenvalue weighted by atomic mass is 9.98. The number of thiazole rings is 1. The van der Waals surface area contributed by atoms with Gasteiger partial charge in [0.1, 0.15) is 0 Å². The van der Waals surface area contributed by atoms with Crippen molar-refractivity contribution in [1.29, 1.82) is 0 Å². The van der Waals surface area contributed by atoms with Gasteiger partial charge in [-0.2, -0.15) is 0 Å². The number of aromatic nitrogens is 1. The van der Waals surface area contributed by atoms with Gasteiger partial charge in [0.15, 0.2) is 0 Å². The van der Waals surface area contributed by atoms with Crippen molar-refractivity contribution in [3.05, 3.63) is 34.8 Å². The Morgan fingerprint density at radius 1 is 1.36 bits per heavy atom. The highest BCUT2D eigenvalue weighted by molar-refractivity contribution is 7.18. The monoisotopic (exact) mass is 358 g/mol. The summed E-state index contributed by atoms with van der Waals surface area (Å²) in [6, 6.07) is 6.13. The second kappa shape index (κ2) is 6.77. The van der Waals surface area contributed by atoms with Gasteiger partial charge >= 0.3 is 6.09 Å². The van der Waals surface area contributed by atoms with Gasteiger partial charge in [-0.3, -0.25) is 4.90 Å². The number of ether oxygens (including phenoxy) is 1. The predicted molar refractivity (Wildman–Crippen MR) is 98.9 cm³/mol. The van der Waals surface area contributed by atoms with Crippen LogP contribution in [0.3, 0.4) is 0 Å². The first-order valence-corrected chi connectivity index (χ1v) is 9.62. The standard InChI is InChI=1S/C19H22N2O3S/c1-12-2-4-16(21(11-12)19(22)23)14-3-5-17-15(10-14)20-18(25-17)13-6-8-24-9-7-13/h3-5,10,12-13H,2,6-9,11H2,1H3,(H,22,23)/t12-/m0/s1. The van der Waals surface area contributed by atoms with Gasteiger partial charge in [-0.05, 0) is 37.3 Å². The van der Waals surface area contributed by atoms with Gasteiger partial charge in [-0.15, -0.1) is 11.3 Å². The Hall–Kier alpha value is -1.92. The smallest absolute Gasteiger partial charge is 0.411 e. The van der Waals surface area contributed by atoms with Crippen molar-refractivity contribution in [2.75, 3.05) is 19.8 Å². The van der Waals surface area contributed by atoms with Crippen LogP contribution in [-0.2, 0) is 4.74 Å². The molecule has 4 rings (SSSR count). The lowest BCUT2D eigenvalue weighted by Gasteiger charge is -2.29. The summed E-state index contributed by atoms with van der Waals surface area (Å²) in [6.45, 7) is 4.24. The Labute approximate surface area is 150 Å². The Morgan fingerprint density at radius 2 is 2.16 bits per heavy atom. The van der Waals surface area contributed by atoms with E-state index in [0.29, 0.717) is 18.4 Å². The molecular formula is C19H22N2O3S. The van der Waals surface area contributed by atoms with Gasteiger partial charge in [0.25, 0.3) is 0 Å². The van der Waals surface area contributed by atoms with Crippen LogP contribution in [0, 0.1) is 5.92 Å². The molecule has 1 saturated heterocycles. The number of allylic oxidation sites excluding steroid dienone is 1. The number of benzene rings is 1. The highest BCUT2D eigenvalue weighted by atomic mass is 32.1. The van der Waals surface area contributed by atoms with Crippen LogP contribution < -0.4 is 0 Å². The third-order valence-electron chi connectivity index (χ3n) is 5.00. The van der Waals surface area contributed by atoms with Gasteiger partial charge in [-0.25, -0.2) is 9.78 Å². The third-order valence-corrected chi connectivity index (χ3v) is 6.20. The molecule has 2 aliphatic rings. The molecule has 132 valence electrons. The number of amides is 1. The maximum atomic E-state index is 11.6. The van der Waals surface area contributed by atoms with Crippen molar-refractivity contribution in [1.82, 2.24) is 9.88 Å². The van der Waals surface area contributed by atoms with Gasteiger partial charge in [0, 0.05) is 31.2 Å². The quantitative estimate of drug-likeness (QED) is 0.855. The number of hydrogen-bond donors (Lipinski definition) is 1. The Kier molecular flexibility index (Phi) is 4.48. The number of rotatable bonds is 2. The summed E-state index contributed by atoms with van der Waals surface area (Å²) >= 11 is 1.75. The minimum absolute atomic E-state index is 0.350. The van der Waals surface area contributed by atoms with E-state index in [-0.39, 0.29) is 0 Å². The van der Waals surface area contributed by atoms with Gasteiger partial charge in [0.2, 0.25) is 0 Å². The summed E-state index contributed by atoms with van der Waals surface area (Å²) in [7, 11) is 0. The molecule has 1 amide bonds. The SMILES string of the molecule is C[C@H]1CC=C(c2ccc3sc(C4CCOCC4)nc3c2)N(C(=O)O)C1. The Morgan fingerprint density at radius 3 is 2.92 bits per heavy atom. The Bertz CT molecular complexity index is 823. The normalized spacial score (nSPS) is 22.2. The van der Waals surface area contributed by atoms with Crippen LogP contribution in [-0.4, -0.2) is 40.8 Å². The van der Waals surface area contributed by atoms with Gasteiger partial charge < -0.3 is 9.84 Å². The van der Waals surface area contributed by atoms with E-state index in [4.69, 9.17) is 9.72 Å². The summed E-state index contributed by atoms with van der Waals surface area (Å²) in [4.78, 5) is 17.9. The van der Waals surface area contributed by atoms with Gasteiger partial charge in [0.05, 0.1) is 20.9 Å². The van der Waals surface area contributed by atoms with Crippen LogP contribution in [0.2, 0.25) is 0 Å². The summed E-state index contributed by atoms with van der Waals surface area (Å²) in [6.07, 6.45) is 4.11. The van der Waals surface area contributed by atoms with Crippen molar-refractivity contribution < 1.29 is 14.6 Å². The molecule has 5 nitrogen and oxygen atoms in total. The van der Waals surface area contributed by atoms with E-state index in [0.717, 1.165) is 54.0 Å². The lowest BCUT2D eigenvalue weighted by Crippen LogP contribution is -2.34. The molecule has 0 spiro atoms. The van der Waals surface area contributed by atoms with Crippen LogP contribution in [0.5, 0.6) is 0 Å². The highest BCUT2D eigenvalue weighted by Gasteiger charge is 2.25. The molecule has 2 aromatic rings. The molecule has 0 saturated carbocycles. The zero-order valence-electron chi connectivity index (χ0n) is 14.3. The molecule has 2 aliphatic heterocycles. The van der Waals surface area contributed by atoms with Crippen LogP contribution in [0.15, 0.2) is 24.3 Å². The van der Waals surface area contributed by atoms with Crippen LogP contribution >= 0.6 is 11.3 Å². The second-order valence-electron chi connectivity index (χ2n) is 6.94. The topological polar surface area (TPSA) is 62.7 Å². The average Bonchev–Trinajstić information content (AvgIpc) is 3.05. The molecule has 1 fully saturated rings. The maximum absolute atomic E-state index is 11.6. The van der Waals surface area contributed by atoms with Crippen molar-refractivity contribution in [3.63, 3.8) is 0 Å². The van der Waals surface area contributed by atoms with Crippen LogP contribution in [0.25, 0.3) is 15.9 Å². The van der Waals surface area contributed by atoms with E-state index in [2.05, 4.69) is 13.0 Å². The minimum atomic E-state index is -0.890. The molecule has 0 aliphatic carbocycles. The zero-order chi connectivity index (χ0) is 17.4. The molecular weight excluding hydrogens is 336 g/mol. The predicted octanol–water partition coefficient (Wildman–Crippen LogP) is 4.55. The second-order valence-corrected chi connectivity index (χ2v) is 8.01. The fourth-order valence-electron chi connectivity index (χ4n) is 3.59. The van der Waals surface area contributed by atoms with Crippen LogP contribution in [0.1, 0.15) is 42.7 Å². The molecule has 1 aromatic carbocycles. The fourth-order valence-corrected chi connectivity index (χ4v) is 4.70. The Balaban J connectivity index is 1.67. The molecule has 6 heteroatoms. The summed E-state index contributed by atoms with van der Waals surface area (Å²) < 4.78 is 6.61. The maximum Gasteiger partial charge on any atom is 0.411 e. The largest absolute Gasteiger partial charge is 0.465 e. The number of carboxylic acid groups (broad SMARTS) is 1. The molecule has 0 radical (unpaired) electrons. The molecule has 1 atom stereocenters. The summed E-state index contributed by atoms with van der Waals surface area (Å²) in [5, 5.41) is 10.7. The van der Waals surface area contributed by atoms with Crippen molar-refractivity contribution in [3.8, 4) is 0 Å². The number of hydrogen-bond acceptors (Lipinski definition) is 4. The van der Waals surface area contributed by atoms with Crippen molar-refractivity contribution in [2.24, 2.45) is 5.92 Å².